The highest BCUT2D eigenvalue weighted by atomic mass is 16.5. The Morgan fingerprint density at radius 1 is 1.38 bits per heavy atom. The predicted octanol–water partition coefficient (Wildman–Crippen LogP) is 1.47. The SMILES string of the molecule is COC(=O)c1ccc(C)c(NC(=O)c2cn(C)cn2)c1O. The van der Waals surface area contributed by atoms with Crippen molar-refractivity contribution in [3.05, 3.63) is 41.5 Å². The Balaban J connectivity index is 2.35. The first-order chi connectivity index (χ1) is 9.93. The van der Waals surface area contributed by atoms with Crippen LogP contribution in [-0.4, -0.2) is 33.6 Å². The Morgan fingerprint density at radius 3 is 2.67 bits per heavy atom. The number of ether oxygens (including phenoxy) is 1. The lowest BCUT2D eigenvalue weighted by atomic mass is 10.1. The summed E-state index contributed by atoms with van der Waals surface area (Å²) in [6.45, 7) is 1.70. The fourth-order valence-corrected chi connectivity index (χ4v) is 1.83. The number of carbonyl (C=O) groups excluding carboxylic acids is 2. The van der Waals surface area contributed by atoms with Gasteiger partial charge in [-0.2, -0.15) is 0 Å². The lowest BCUT2D eigenvalue weighted by molar-refractivity contribution is 0.0597. The monoisotopic (exact) mass is 289 g/mol. The van der Waals surface area contributed by atoms with E-state index in [1.807, 2.05) is 0 Å². The smallest absolute Gasteiger partial charge is 0.341 e. The predicted molar refractivity (Wildman–Crippen MR) is 75.3 cm³/mol. The van der Waals surface area contributed by atoms with Gasteiger partial charge in [-0.3, -0.25) is 4.79 Å². The minimum absolute atomic E-state index is 0.0144. The average Bonchev–Trinajstić information content (AvgIpc) is 2.89. The second-order valence-electron chi connectivity index (χ2n) is 4.52. The number of hydrogen-bond donors (Lipinski definition) is 2. The molecule has 2 aromatic rings. The van der Waals surface area contributed by atoms with E-state index in [1.165, 1.54) is 19.5 Å². The molecule has 1 aromatic heterocycles. The van der Waals surface area contributed by atoms with E-state index in [0.29, 0.717) is 5.56 Å². The van der Waals surface area contributed by atoms with Crippen molar-refractivity contribution in [1.82, 2.24) is 9.55 Å². The molecule has 1 heterocycles. The topological polar surface area (TPSA) is 93.5 Å². The maximum Gasteiger partial charge on any atom is 0.341 e. The van der Waals surface area contributed by atoms with Gasteiger partial charge in [0.1, 0.15) is 11.3 Å². The zero-order chi connectivity index (χ0) is 15.6. The molecule has 7 heteroatoms. The number of nitrogens with one attached hydrogen (secondary N) is 1. The van der Waals surface area contributed by atoms with Crippen molar-refractivity contribution >= 4 is 17.6 Å². The van der Waals surface area contributed by atoms with Gasteiger partial charge in [0.25, 0.3) is 5.91 Å². The second-order valence-corrected chi connectivity index (χ2v) is 4.52. The van der Waals surface area contributed by atoms with Gasteiger partial charge in [0.05, 0.1) is 19.1 Å². The van der Waals surface area contributed by atoms with Crippen LogP contribution < -0.4 is 5.32 Å². The van der Waals surface area contributed by atoms with Gasteiger partial charge in [0, 0.05) is 13.2 Å². The van der Waals surface area contributed by atoms with Gasteiger partial charge >= 0.3 is 5.97 Å². The molecule has 0 unspecified atom stereocenters. The molecule has 2 rings (SSSR count). The Labute approximate surface area is 121 Å². The molecule has 0 saturated carbocycles. The number of rotatable bonds is 3. The number of hydrogen-bond acceptors (Lipinski definition) is 5. The zero-order valence-corrected chi connectivity index (χ0v) is 11.9. The number of phenolic OH excluding ortho intramolecular Hbond substituents is 1. The summed E-state index contributed by atoms with van der Waals surface area (Å²) in [5, 5.41) is 12.7. The minimum Gasteiger partial charge on any atom is -0.505 e. The molecule has 0 aliphatic heterocycles. The average molecular weight is 289 g/mol. The zero-order valence-electron chi connectivity index (χ0n) is 11.9. The van der Waals surface area contributed by atoms with E-state index in [4.69, 9.17) is 0 Å². The number of esters is 1. The van der Waals surface area contributed by atoms with Gasteiger partial charge in [-0.1, -0.05) is 6.07 Å². The maximum absolute atomic E-state index is 12.1. The van der Waals surface area contributed by atoms with E-state index in [2.05, 4.69) is 15.0 Å². The van der Waals surface area contributed by atoms with Crippen LogP contribution in [0.25, 0.3) is 0 Å². The van der Waals surface area contributed by atoms with Gasteiger partial charge in [0.15, 0.2) is 5.75 Å². The molecule has 1 aromatic carbocycles. The highest BCUT2D eigenvalue weighted by molar-refractivity contribution is 6.05. The summed E-state index contributed by atoms with van der Waals surface area (Å²) in [5.41, 5.74) is 0.970. The molecule has 21 heavy (non-hydrogen) atoms. The Bertz CT molecular complexity index is 706. The Morgan fingerprint density at radius 2 is 2.10 bits per heavy atom. The third kappa shape index (κ3) is 2.86. The highest BCUT2D eigenvalue weighted by Gasteiger charge is 2.19. The molecule has 0 atom stereocenters. The number of anilines is 1. The van der Waals surface area contributed by atoms with E-state index in [-0.39, 0.29) is 22.7 Å². The van der Waals surface area contributed by atoms with Gasteiger partial charge in [-0.05, 0) is 18.6 Å². The van der Waals surface area contributed by atoms with Crippen molar-refractivity contribution in [2.45, 2.75) is 6.92 Å². The number of nitrogens with zero attached hydrogens (tertiary/aromatic N) is 2. The van der Waals surface area contributed by atoms with E-state index in [9.17, 15) is 14.7 Å². The summed E-state index contributed by atoms with van der Waals surface area (Å²) in [4.78, 5) is 27.5. The summed E-state index contributed by atoms with van der Waals surface area (Å²) in [6, 6.07) is 3.05. The van der Waals surface area contributed by atoms with Gasteiger partial charge in [-0.25, -0.2) is 9.78 Å². The molecule has 0 bridgehead atoms. The molecular weight excluding hydrogens is 274 g/mol. The molecule has 0 spiro atoms. The van der Waals surface area contributed by atoms with Crippen molar-refractivity contribution in [3.63, 3.8) is 0 Å². The standard InChI is InChI=1S/C14H15N3O4/c1-8-4-5-9(14(20)21-3)12(18)11(8)16-13(19)10-6-17(2)7-15-10/h4-7,18H,1-3H3,(H,16,19). The van der Waals surface area contributed by atoms with Crippen LogP contribution in [0.5, 0.6) is 5.75 Å². The van der Waals surface area contributed by atoms with Crippen LogP contribution in [0.2, 0.25) is 0 Å². The third-order valence-electron chi connectivity index (χ3n) is 2.97. The van der Waals surface area contributed by atoms with Crippen molar-refractivity contribution in [2.24, 2.45) is 7.05 Å². The second kappa shape index (κ2) is 5.66. The number of phenols is 1. The molecule has 110 valence electrons. The van der Waals surface area contributed by atoms with Gasteiger partial charge in [0.2, 0.25) is 0 Å². The van der Waals surface area contributed by atoms with Crippen molar-refractivity contribution in [1.29, 1.82) is 0 Å². The number of amides is 1. The molecule has 2 N–H and O–H groups in total. The van der Waals surface area contributed by atoms with Crippen LogP contribution in [0.1, 0.15) is 26.4 Å². The Hall–Kier alpha value is -2.83. The van der Waals surface area contributed by atoms with E-state index < -0.39 is 11.9 Å². The summed E-state index contributed by atoms with van der Waals surface area (Å²) in [5.74, 6) is -1.48. The van der Waals surface area contributed by atoms with E-state index in [0.717, 1.165) is 0 Å². The molecule has 0 radical (unpaired) electrons. The first-order valence-electron chi connectivity index (χ1n) is 6.14. The van der Waals surface area contributed by atoms with Crippen molar-refractivity contribution in [3.8, 4) is 5.75 Å². The third-order valence-corrected chi connectivity index (χ3v) is 2.97. The maximum atomic E-state index is 12.1. The number of methoxy groups -OCH3 is 1. The minimum atomic E-state index is -0.680. The van der Waals surface area contributed by atoms with Crippen LogP contribution >= 0.6 is 0 Å². The van der Waals surface area contributed by atoms with Gasteiger partial charge < -0.3 is 19.7 Å². The summed E-state index contributed by atoms with van der Waals surface area (Å²) < 4.78 is 6.21. The fourth-order valence-electron chi connectivity index (χ4n) is 1.83. The molecule has 1 amide bonds. The van der Waals surface area contributed by atoms with Crippen LogP contribution in [0.4, 0.5) is 5.69 Å². The fraction of sp³-hybridized carbons (Fsp3) is 0.214. The summed E-state index contributed by atoms with van der Waals surface area (Å²) in [7, 11) is 2.96. The van der Waals surface area contributed by atoms with Crippen LogP contribution in [-0.2, 0) is 11.8 Å². The van der Waals surface area contributed by atoms with Crippen molar-refractivity contribution in [2.75, 3.05) is 12.4 Å². The van der Waals surface area contributed by atoms with Gasteiger partial charge in [-0.15, -0.1) is 0 Å². The molecule has 0 aliphatic carbocycles. The van der Waals surface area contributed by atoms with Crippen LogP contribution in [0.3, 0.4) is 0 Å². The van der Waals surface area contributed by atoms with Crippen LogP contribution in [0.15, 0.2) is 24.7 Å². The first-order valence-corrected chi connectivity index (χ1v) is 6.14. The number of aromatic hydroxyl groups is 1. The Kier molecular flexibility index (Phi) is 3.93. The summed E-state index contributed by atoms with van der Waals surface area (Å²) >= 11 is 0. The normalized spacial score (nSPS) is 10.2. The summed E-state index contributed by atoms with van der Waals surface area (Å²) in [6.07, 6.45) is 3.04. The molecule has 0 fully saturated rings. The molecule has 7 nitrogen and oxygen atoms in total. The molecule has 0 aliphatic rings. The lowest BCUT2D eigenvalue weighted by Crippen LogP contribution is -2.14. The number of aromatic nitrogens is 2. The number of carbonyl (C=O) groups is 2. The largest absolute Gasteiger partial charge is 0.505 e. The molecule has 0 saturated heterocycles. The van der Waals surface area contributed by atoms with E-state index in [1.54, 1.807) is 30.8 Å². The highest BCUT2D eigenvalue weighted by Crippen LogP contribution is 2.31. The number of benzene rings is 1. The van der Waals surface area contributed by atoms with Crippen molar-refractivity contribution < 1.29 is 19.4 Å². The van der Waals surface area contributed by atoms with Crippen LogP contribution in [0, 0.1) is 6.92 Å². The van der Waals surface area contributed by atoms with E-state index >= 15 is 0 Å². The quantitative estimate of drug-likeness (QED) is 0.659. The number of aryl methyl sites for hydroxylation is 2. The first kappa shape index (κ1) is 14.6. The lowest BCUT2D eigenvalue weighted by Gasteiger charge is -2.12. The molecular formula is C14H15N3O4. The number of imidazole rings is 1.